The van der Waals surface area contributed by atoms with E-state index in [1.165, 1.54) is 0 Å². The lowest BCUT2D eigenvalue weighted by Crippen LogP contribution is -2.24. The van der Waals surface area contributed by atoms with Gasteiger partial charge < -0.3 is 15.8 Å². The van der Waals surface area contributed by atoms with Gasteiger partial charge in [-0.1, -0.05) is 27.7 Å². The van der Waals surface area contributed by atoms with Crippen LogP contribution in [-0.2, 0) is 4.79 Å². The second-order valence-corrected chi connectivity index (χ2v) is 5.98. The molecule has 0 heterocycles. The van der Waals surface area contributed by atoms with E-state index in [-0.39, 0.29) is 11.3 Å². The molecule has 4 heteroatoms. The van der Waals surface area contributed by atoms with Crippen molar-refractivity contribution in [2.24, 2.45) is 11.3 Å². The molecule has 1 atom stereocenters. The van der Waals surface area contributed by atoms with Crippen LogP contribution < -0.4 is 15.8 Å². The van der Waals surface area contributed by atoms with Crippen molar-refractivity contribution >= 4 is 17.3 Å². The average Bonchev–Trinajstić information content (AvgIpc) is 2.30. The molecular formula is C15H24N2O2. The van der Waals surface area contributed by atoms with Crippen LogP contribution in [0.15, 0.2) is 18.2 Å². The van der Waals surface area contributed by atoms with Gasteiger partial charge in [0.05, 0.1) is 12.8 Å². The highest BCUT2D eigenvalue weighted by molar-refractivity contribution is 5.92. The molecule has 0 radical (unpaired) electrons. The molecule has 0 bridgehead atoms. The van der Waals surface area contributed by atoms with Gasteiger partial charge >= 0.3 is 0 Å². The average molecular weight is 264 g/mol. The molecule has 1 amide bonds. The third kappa shape index (κ3) is 4.47. The molecule has 106 valence electrons. The van der Waals surface area contributed by atoms with Crippen molar-refractivity contribution in [1.29, 1.82) is 0 Å². The van der Waals surface area contributed by atoms with E-state index in [0.717, 1.165) is 0 Å². The minimum Gasteiger partial charge on any atom is -0.494 e. The fourth-order valence-electron chi connectivity index (χ4n) is 1.60. The lowest BCUT2D eigenvalue weighted by Gasteiger charge is -2.26. The highest BCUT2D eigenvalue weighted by Gasteiger charge is 2.22. The van der Waals surface area contributed by atoms with E-state index in [1.807, 2.05) is 0 Å². The fraction of sp³-hybridized carbons (Fsp3) is 0.533. The summed E-state index contributed by atoms with van der Waals surface area (Å²) in [5, 5.41) is 2.87. The van der Waals surface area contributed by atoms with Gasteiger partial charge in [-0.15, -0.1) is 0 Å². The largest absolute Gasteiger partial charge is 0.494 e. The van der Waals surface area contributed by atoms with E-state index in [1.54, 1.807) is 25.3 Å². The number of amides is 1. The first kappa shape index (κ1) is 15.3. The molecule has 0 aliphatic heterocycles. The van der Waals surface area contributed by atoms with E-state index in [9.17, 15) is 4.79 Å². The maximum absolute atomic E-state index is 12.0. The Morgan fingerprint density at radius 2 is 2.05 bits per heavy atom. The molecule has 0 spiro atoms. The number of nitrogens with one attached hydrogen (secondary N) is 1. The quantitative estimate of drug-likeness (QED) is 0.820. The molecule has 3 N–H and O–H groups in total. The first-order valence-corrected chi connectivity index (χ1v) is 6.47. The summed E-state index contributed by atoms with van der Waals surface area (Å²) in [4.78, 5) is 12.0. The first-order valence-electron chi connectivity index (χ1n) is 6.47. The van der Waals surface area contributed by atoms with Crippen LogP contribution in [0, 0.1) is 11.3 Å². The Morgan fingerprint density at radius 1 is 1.42 bits per heavy atom. The van der Waals surface area contributed by atoms with E-state index < -0.39 is 0 Å². The second-order valence-electron chi connectivity index (χ2n) is 5.98. The van der Waals surface area contributed by atoms with Crippen LogP contribution in [0.2, 0.25) is 0 Å². The lowest BCUT2D eigenvalue weighted by molar-refractivity contribution is -0.117. The van der Waals surface area contributed by atoms with Gasteiger partial charge in [-0.2, -0.15) is 0 Å². The predicted octanol–water partition coefficient (Wildman–Crippen LogP) is 3.29. The van der Waals surface area contributed by atoms with Crippen molar-refractivity contribution in [2.45, 2.75) is 34.1 Å². The summed E-state index contributed by atoms with van der Waals surface area (Å²) < 4.78 is 5.20. The number of rotatable bonds is 4. The normalized spacial score (nSPS) is 12.9. The molecular weight excluding hydrogens is 240 g/mol. The van der Waals surface area contributed by atoms with Gasteiger partial charge in [0.2, 0.25) is 5.91 Å². The van der Waals surface area contributed by atoms with Gasteiger partial charge in [0.1, 0.15) is 5.75 Å². The molecule has 0 aliphatic rings. The zero-order valence-electron chi connectivity index (χ0n) is 12.4. The Hall–Kier alpha value is -1.71. The molecule has 0 saturated carbocycles. The van der Waals surface area contributed by atoms with Gasteiger partial charge in [0.25, 0.3) is 0 Å². The molecule has 19 heavy (non-hydrogen) atoms. The van der Waals surface area contributed by atoms with Crippen molar-refractivity contribution in [3.63, 3.8) is 0 Å². The first-order chi connectivity index (χ1) is 8.74. The number of nitrogen functional groups attached to an aromatic ring is 1. The molecule has 4 nitrogen and oxygen atoms in total. The number of ether oxygens (including phenoxy) is 1. The minimum absolute atomic E-state index is 0.00880. The van der Waals surface area contributed by atoms with Crippen molar-refractivity contribution < 1.29 is 9.53 Å². The van der Waals surface area contributed by atoms with Gasteiger partial charge in [0.15, 0.2) is 0 Å². The topological polar surface area (TPSA) is 64.3 Å². The summed E-state index contributed by atoms with van der Waals surface area (Å²) in [6, 6.07) is 5.20. The lowest BCUT2D eigenvalue weighted by atomic mass is 9.80. The second kappa shape index (κ2) is 5.95. The van der Waals surface area contributed by atoms with Crippen LogP contribution in [0.25, 0.3) is 0 Å². The molecule has 0 aliphatic carbocycles. The highest BCUT2D eigenvalue weighted by atomic mass is 16.5. The van der Waals surface area contributed by atoms with E-state index in [2.05, 4.69) is 33.0 Å². The summed E-state index contributed by atoms with van der Waals surface area (Å²) in [6.07, 6.45) is 0.483. The molecule has 1 unspecified atom stereocenters. The third-order valence-electron chi connectivity index (χ3n) is 3.47. The maximum Gasteiger partial charge on any atom is 0.224 e. The van der Waals surface area contributed by atoms with Gasteiger partial charge in [0, 0.05) is 18.2 Å². The Kier molecular flexibility index (Phi) is 4.81. The number of hydrogen-bond donors (Lipinski definition) is 2. The van der Waals surface area contributed by atoms with Crippen molar-refractivity contribution in [2.75, 3.05) is 18.2 Å². The maximum atomic E-state index is 12.0. The predicted molar refractivity (Wildman–Crippen MR) is 79.3 cm³/mol. The molecule has 0 saturated heterocycles. The number of hydrogen-bond acceptors (Lipinski definition) is 3. The number of nitrogens with two attached hydrogens (primary N) is 1. The van der Waals surface area contributed by atoms with Crippen molar-refractivity contribution in [3.8, 4) is 5.75 Å². The summed E-state index contributed by atoms with van der Waals surface area (Å²) >= 11 is 0. The molecule has 1 aromatic carbocycles. The van der Waals surface area contributed by atoms with Gasteiger partial charge in [-0.25, -0.2) is 0 Å². The summed E-state index contributed by atoms with van der Waals surface area (Å²) in [5.74, 6) is 0.870. The summed E-state index contributed by atoms with van der Waals surface area (Å²) in [5.41, 5.74) is 7.06. The number of carbonyl (C=O) groups is 1. The number of carbonyl (C=O) groups excluding carboxylic acids is 1. The van der Waals surface area contributed by atoms with Crippen LogP contribution >= 0.6 is 0 Å². The highest BCUT2D eigenvalue weighted by Crippen LogP contribution is 2.30. The SMILES string of the molecule is COc1cc(N)ccc1NC(=O)CC(C)C(C)(C)C. The van der Waals surface area contributed by atoms with E-state index in [0.29, 0.717) is 29.5 Å². The van der Waals surface area contributed by atoms with Crippen molar-refractivity contribution in [3.05, 3.63) is 18.2 Å². The minimum atomic E-state index is -0.00880. The standard InChI is InChI=1S/C15H24N2O2/c1-10(15(2,3)4)8-14(18)17-12-7-6-11(16)9-13(12)19-5/h6-7,9-10H,8,16H2,1-5H3,(H,17,18). The van der Waals surface area contributed by atoms with Gasteiger partial charge in [-0.05, 0) is 23.5 Å². The molecule has 0 fully saturated rings. The van der Waals surface area contributed by atoms with Crippen LogP contribution in [0.5, 0.6) is 5.75 Å². The summed E-state index contributed by atoms with van der Waals surface area (Å²) in [7, 11) is 1.56. The fourth-order valence-corrected chi connectivity index (χ4v) is 1.60. The smallest absolute Gasteiger partial charge is 0.224 e. The number of methoxy groups -OCH3 is 1. The zero-order valence-corrected chi connectivity index (χ0v) is 12.4. The van der Waals surface area contributed by atoms with E-state index in [4.69, 9.17) is 10.5 Å². The molecule has 0 aromatic heterocycles. The molecule has 1 aromatic rings. The Labute approximate surface area is 115 Å². The Morgan fingerprint density at radius 3 is 2.58 bits per heavy atom. The van der Waals surface area contributed by atoms with Gasteiger partial charge in [-0.3, -0.25) is 4.79 Å². The summed E-state index contributed by atoms with van der Waals surface area (Å²) in [6.45, 7) is 8.48. The Bertz CT molecular complexity index is 450. The van der Waals surface area contributed by atoms with Crippen LogP contribution in [0.4, 0.5) is 11.4 Å². The third-order valence-corrected chi connectivity index (χ3v) is 3.47. The number of anilines is 2. The zero-order chi connectivity index (χ0) is 14.6. The van der Waals surface area contributed by atoms with Crippen LogP contribution in [-0.4, -0.2) is 13.0 Å². The van der Waals surface area contributed by atoms with E-state index >= 15 is 0 Å². The van der Waals surface area contributed by atoms with Crippen LogP contribution in [0.3, 0.4) is 0 Å². The monoisotopic (exact) mass is 264 g/mol. The number of benzene rings is 1. The van der Waals surface area contributed by atoms with Crippen LogP contribution in [0.1, 0.15) is 34.1 Å². The Balaban J connectivity index is 2.72. The van der Waals surface area contributed by atoms with Crippen molar-refractivity contribution in [1.82, 2.24) is 0 Å². The molecule has 1 rings (SSSR count).